The minimum atomic E-state index is 0.840. The van der Waals surface area contributed by atoms with Crippen molar-refractivity contribution >= 4 is 11.5 Å². The first-order valence-corrected chi connectivity index (χ1v) is 5.90. The van der Waals surface area contributed by atoms with Crippen LogP contribution in [0.1, 0.15) is 11.1 Å². The van der Waals surface area contributed by atoms with Crippen LogP contribution in [0.3, 0.4) is 0 Å². The molecule has 1 aromatic carbocycles. The molecule has 2 aromatic rings. The van der Waals surface area contributed by atoms with Crippen LogP contribution in [0.5, 0.6) is 0 Å². The van der Waals surface area contributed by atoms with Crippen LogP contribution in [-0.2, 0) is 20.0 Å². The molecule has 2 N–H and O–H groups in total. The second-order valence-corrected chi connectivity index (χ2v) is 4.36. The first kappa shape index (κ1) is 10.2. The summed E-state index contributed by atoms with van der Waals surface area (Å²) in [6.45, 7) is 1.90. The lowest BCUT2D eigenvalue weighted by molar-refractivity contribution is 0.769. The Morgan fingerprint density at radius 1 is 1.41 bits per heavy atom. The zero-order valence-corrected chi connectivity index (χ0v) is 9.90. The van der Waals surface area contributed by atoms with Crippen LogP contribution in [-0.4, -0.2) is 16.3 Å². The van der Waals surface area contributed by atoms with E-state index in [1.807, 2.05) is 17.8 Å². The summed E-state index contributed by atoms with van der Waals surface area (Å²) in [5, 5.41) is 10.9. The van der Waals surface area contributed by atoms with Crippen molar-refractivity contribution in [3.05, 3.63) is 41.6 Å². The van der Waals surface area contributed by atoms with E-state index in [0.29, 0.717) is 0 Å². The van der Waals surface area contributed by atoms with Crippen LogP contribution in [0.2, 0.25) is 0 Å². The number of hydrogen-bond donors (Lipinski definition) is 2. The Balaban J connectivity index is 1.72. The molecule has 2 heterocycles. The molecular formula is C13H16N4. The first-order chi connectivity index (χ1) is 8.33. The number of anilines is 2. The summed E-state index contributed by atoms with van der Waals surface area (Å²) in [6, 6.07) is 8.59. The van der Waals surface area contributed by atoms with Gasteiger partial charge in [0.25, 0.3) is 0 Å². The molecule has 0 amide bonds. The van der Waals surface area contributed by atoms with E-state index in [1.165, 1.54) is 16.8 Å². The smallest absolute Gasteiger partial charge is 0.124 e. The summed E-state index contributed by atoms with van der Waals surface area (Å²) in [6.07, 6.45) is 2.93. The van der Waals surface area contributed by atoms with E-state index in [1.54, 1.807) is 6.20 Å². The number of fused-ring (bicyclic) bond motifs is 1. The van der Waals surface area contributed by atoms with E-state index in [9.17, 15) is 0 Å². The van der Waals surface area contributed by atoms with Crippen molar-refractivity contribution in [2.75, 3.05) is 17.2 Å². The van der Waals surface area contributed by atoms with Crippen LogP contribution in [0.15, 0.2) is 30.5 Å². The SMILES string of the molecule is Cn1nccc1NCc1ccc2c(c1)CCN2. The van der Waals surface area contributed by atoms with Gasteiger partial charge in [-0.25, -0.2) is 0 Å². The number of nitrogens with zero attached hydrogens (tertiary/aromatic N) is 2. The van der Waals surface area contributed by atoms with E-state index in [4.69, 9.17) is 0 Å². The molecule has 0 bridgehead atoms. The van der Waals surface area contributed by atoms with E-state index >= 15 is 0 Å². The van der Waals surface area contributed by atoms with Crippen molar-refractivity contribution in [3.63, 3.8) is 0 Å². The predicted molar refractivity (Wildman–Crippen MR) is 69.2 cm³/mol. The van der Waals surface area contributed by atoms with Gasteiger partial charge in [-0.3, -0.25) is 4.68 Å². The van der Waals surface area contributed by atoms with E-state index < -0.39 is 0 Å². The Labute approximate surface area is 101 Å². The average Bonchev–Trinajstić information content (AvgIpc) is 2.94. The summed E-state index contributed by atoms with van der Waals surface area (Å²) in [5.41, 5.74) is 4.03. The summed E-state index contributed by atoms with van der Waals surface area (Å²) >= 11 is 0. The Kier molecular flexibility index (Phi) is 2.48. The number of benzene rings is 1. The molecule has 0 saturated carbocycles. The van der Waals surface area contributed by atoms with Crippen LogP contribution in [0.4, 0.5) is 11.5 Å². The van der Waals surface area contributed by atoms with E-state index in [-0.39, 0.29) is 0 Å². The van der Waals surface area contributed by atoms with Gasteiger partial charge < -0.3 is 10.6 Å². The van der Waals surface area contributed by atoms with Crippen LogP contribution in [0.25, 0.3) is 0 Å². The quantitative estimate of drug-likeness (QED) is 0.844. The fourth-order valence-electron chi connectivity index (χ4n) is 2.21. The molecule has 1 aliphatic rings. The van der Waals surface area contributed by atoms with Gasteiger partial charge in [0.15, 0.2) is 0 Å². The Hall–Kier alpha value is -1.97. The largest absolute Gasteiger partial charge is 0.384 e. The second-order valence-electron chi connectivity index (χ2n) is 4.36. The number of aryl methyl sites for hydroxylation is 1. The Bertz CT molecular complexity index is 530. The van der Waals surface area contributed by atoms with Gasteiger partial charge >= 0.3 is 0 Å². The van der Waals surface area contributed by atoms with E-state index in [2.05, 4.69) is 33.9 Å². The van der Waals surface area contributed by atoms with Crippen molar-refractivity contribution in [2.45, 2.75) is 13.0 Å². The van der Waals surface area contributed by atoms with Crippen molar-refractivity contribution in [1.29, 1.82) is 0 Å². The molecule has 0 unspecified atom stereocenters. The third-order valence-electron chi connectivity index (χ3n) is 3.17. The van der Waals surface area contributed by atoms with Crippen molar-refractivity contribution in [2.24, 2.45) is 7.05 Å². The lowest BCUT2D eigenvalue weighted by Gasteiger charge is -2.08. The van der Waals surface area contributed by atoms with Crippen LogP contribution >= 0.6 is 0 Å². The standard InChI is InChI=1S/C13H16N4/c1-17-13(5-7-16-17)15-9-10-2-3-12-11(8-10)4-6-14-12/h2-3,5,7-8,14-15H,4,6,9H2,1H3. The monoisotopic (exact) mass is 228 g/mol. The number of aromatic nitrogens is 2. The summed E-state index contributed by atoms with van der Waals surface area (Å²) in [7, 11) is 1.94. The highest BCUT2D eigenvalue weighted by atomic mass is 15.3. The van der Waals surface area contributed by atoms with Gasteiger partial charge in [0.1, 0.15) is 5.82 Å². The molecule has 3 rings (SSSR count). The average molecular weight is 228 g/mol. The van der Waals surface area contributed by atoms with Gasteiger partial charge in [-0.2, -0.15) is 5.10 Å². The van der Waals surface area contributed by atoms with Gasteiger partial charge in [0, 0.05) is 31.9 Å². The first-order valence-electron chi connectivity index (χ1n) is 5.90. The fourth-order valence-corrected chi connectivity index (χ4v) is 2.21. The Morgan fingerprint density at radius 3 is 3.18 bits per heavy atom. The molecule has 0 radical (unpaired) electrons. The molecule has 0 atom stereocenters. The highest BCUT2D eigenvalue weighted by Crippen LogP contribution is 2.23. The van der Waals surface area contributed by atoms with Gasteiger partial charge in [0.05, 0.1) is 6.20 Å². The molecule has 4 heteroatoms. The summed E-state index contributed by atoms with van der Waals surface area (Å²) < 4.78 is 1.84. The molecule has 0 spiro atoms. The molecular weight excluding hydrogens is 212 g/mol. The minimum Gasteiger partial charge on any atom is -0.384 e. The maximum atomic E-state index is 4.13. The minimum absolute atomic E-state index is 0.840. The van der Waals surface area contributed by atoms with E-state index in [0.717, 1.165) is 25.3 Å². The summed E-state index contributed by atoms with van der Waals surface area (Å²) in [4.78, 5) is 0. The van der Waals surface area contributed by atoms with Crippen molar-refractivity contribution < 1.29 is 0 Å². The molecule has 0 aliphatic carbocycles. The lowest BCUT2D eigenvalue weighted by Crippen LogP contribution is -2.04. The molecule has 88 valence electrons. The number of nitrogens with one attached hydrogen (secondary N) is 2. The molecule has 17 heavy (non-hydrogen) atoms. The topological polar surface area (TPSA) is 41.9 Å². The van der Waals surface area contributed by atoms with Gasteiger partial charge in [-0.05, 0) is 23.6 Å². The number of rotatable bonds is 3. The molecule has 0 saturated heterocycles. The highest BCUT2D eigenvalue weighted by molar-refractivity contribution is 5.56. The molecule has 1 aliphatic heterocycles. The van der Waals surface area contributed by atoms with Gasteiger partial charge in [0.2, 0.25) is 0 Å². The van der Waals surface area contributed by atoms with Gasteiger partial charge in [-0.1, -0.05) is 12.1 Å². The van der Waals surface area contributed by atoms with Crippen molar-refractivity contribution in [1.82, 2.24) is 9.78 Å². The molecule has 4 nitrogen and oxygen atoms in total. The lowest BCUT2D eigenvalue weighted by atomic mass is 10.1. The maximum Gasteiger partial charge on any atom is 0.124 e. The van der Waals surface area contributed by atoms with Crippen molar-refractivity contribution in [3.8, 4) is 0 Å². The summed E-state index contributed by atoms with van der Waals surface area (Å²) in [5.74, 6) is 1.05. The highest BCUT2D eigenvalue weighted by Gasteiger charge is 2.09. The second kappa shape index (κ2) is 4.13. The fraction of sp³-hybridized carbons (Fsp3) is 0.308. The predicted octanol–water partition coefficient (Wildman–Crippen LogP) is 2.00. The third kappa shape index (κ3) is 1.98. The Morgan fingerprint density at radius 2 is 2.35 bits per heavy atom. The van der Waals surface area contributed by atoms with Crippen LogP contribution < -0.4 is 10.6 Å². The van der Waals surface area contributed by atoms with Crippen LogP contribution in [0, 0.1) is 0 Å². The third-order valence-corrected chi connectivity index (χ3v) is 3.17. The van der Waals surface area contributed by atoms with Gasteiger partial charge in [-0.15, -0.1) is 0 Å². The zero-order chi connectivity index (χ0) is 11.7. The molecule has 0 fully saturated rings. The maximum absolute atomic E-state index is 4.13. The normalized spacial score (nSPS) is 13.2. The number of hydrogen-bond acceptors (Lipinski definition) is 3. The molecule has 1 aromatic heterocycles. The zero-order valence-electron chi connectivity index (χ0n) is 9.90.